The van der Waals surface area contributed by atoms with Crippen LogP contribution in [0.5, 0.6) is 0 Å². The van der Waals surface area contributed by atoms with Crippen LogP contribution in [0.4, 0.5) is 8.78 Å². The van der Waals surface area contributed by atoms with Crippen molar-refractivity contribution in [3.05, 3.63) is 34.9 Å². The SMILES string of the molecule is CC(C)c1ccc(F)c(C2(N=C=O)CCCC2)c1F. The first-order valence-corrected chi connectivity index (χ1v) is 6.59. The Morgan fingerprint density at radius 2 is 1.89 bits per heavy atom. The molecule has 0 spiro atoms. The number of nitrogens with zero attached hydrogens (tertiary/aromatic N) is 1. The van der Waals surface area contributed by atoms with Gasteiger partial charge < -0.3 is 0 Å². The predicted octanol–water partition coefficient (Wildman–Crippen LogP) is 4.19. The van der Waals surface area contributed by atoms with Gasteiger partial charge >= 0.3 is 0 Å². The van der Waals surface area contributed by atoms with Gasteiger partial charge in [0.05, 0.1) is 5.56 Å². The highest BCUT2D eigenvalue weighted by molar-refractivity contribution is 5.41. The second-order valence-corrected chi connectivity index (χ2v) is 5.42. The molecule has 0 saturated heterocycles. The molecule has 2 nitrogen and oxygen atoms in total. The molecule has 0 unspecified atom stereocenters. The Bertz CT molecular complexity index is 527. The molecule has 0 N–H and O–H groups in total. The summed E-state index contributed by atoms with van der Waals surface area (Å²) >= 11 is 0. The van der Waals surface area contributed by atoms with Gasteiger partial charge in [0, 0.05) is 0 Å². The summed E-state index contributed by atoms with van der Waals surface area (Å²) in [6, 6.07) is 2.74. The van der Waals surface area contributed by atoms with Gasteiger partial charge in [0.2, 0.25) is 6.08 Å². The van der Waals surface area contributed by atoms with E-state index in [9.17, 15) is 13.6 Å². The van der Waals surface area contributed by atoms with E-state index in [0.29, 0.717) is 18.4 Å². The quantitative estimate of drug-likeness (QED) is 0.595. The van der Waals surface area contributed by atoms with Crippen molar-refractivity contribution in [3.63, 3.8) is 0 Å². The van der Waals surface area contributed by atoms with Crippen molar-refractivity contribution >= 4 is 6.08 Å². The Balaban J connectivity index is 2.66. The molecule has 1 aliphatic carbocycles. The average molecular weight is 265 g/mol. The molecule has 2 rings (SSSR count). The molecule has 1 aromatic carbocycles. The molecule has 1 saturated carbocycles. The average Bonchev–Trinajstić information content (AvgIpc) is 2.78. The third-order valence-electron chi connectivity index (χ3n) is 3.90. The second kappa shape index (κ2) is 5.22. The van der Waals surface area contributed by atoms with Crippen molar-refractivity contribution in [1.29, 1.82) is 0 Å². The molecule has 1 aliphatic rings. The van der Waals surface area contributed by atoms with Gasteiger partial charge in [-0.15, -0.1) is 0 Å². The normalized spacial score (nSPS) is 17.5. The van der Waals surface area contributed by atoms with Crippen LogP contribution in [0.15, 0.2) is 17.1 Å². The van der Waals surface area contributed by atoms with Crippen LogP contribution in [0.2, 0.25) is 0 Å². The van der Waals surface area contributed by atoms with Gasteiger partial charge in [0.15, 0.2) is 0 Å². The lowest BCUT2D eigenvalue weighted by molar-refractivity contribution is 0.400. The third-order valence-corrected chi connectivity index (χ3v) is 3.90. The van der Waals surface area contributed by atoms with Gasteiger partial charge in [-0.1, -0.05) is 32.8 Å². The Morgan fingerprint density at radius 3 is 2.42 bits per heavy atom. The second-order valence-electron chi connectivity index (χ2n) is 5.42. The highest BCUT2D eigenvalue weighted by Crippen LogP contribution is 2.45. The van der Waals surface area contributed by atoms with Gasteiger partial charge in [0.1, 0.15) is 17.2 Å². The lowest BCUT2D eigenvalue weighted by Crippen LogP contribution is -2.23. The molecule has 1 aromatic rings. The minimum atomic E-state index is -1.05. The minimum absolute atomic E-state index is 0.0435. The topological polar surface area (TPSA) is 29.4 Å². The smallest absolute Gasteiger partial charge is 0.211 e. The van der Waals surface area contributed by atoms with Crippen LogP contribution >= 0.6 is 0 Å². The zero-order valence-corrected chi connectivity index (χ0v) is 11.2. The molecule has 4 heteroatoms. The summed E-state index contributed by atoms with van der Waals surface area (Å²) in [5.41, 5.74) is -0.649. The summed E-state index contributed by atoms with van der Waals surface area (Å²) in [6.45, 7) is 3.70. The lowest BCUT2D eigenvalue weighted by atomic mass is 9.85. The lowest BCUT2D eigenvalue weighted by Gasteiger charge is -2.25. The minimum Gasteiger partial charge on any atom is -0.211 e. The van der Waals surface area contributed by atoms with Crippen LogP contribution in [0.1, 0.15) is 56.6 Å². The van der Waals surface area contributed by atoms with Crippen LogP contribution < -0.4 is 0 Å². The summed E-state index contributed by atoms with van der Waals surface area (Å²) in [5, 5.41) is 0. The molecular weight excluding hydrogens is 248 g/mol. The van der Waals surface area contributed by atoms with E-state index in [1.165, 1.54) is 18.2 Å². The first-order valence-electron chi connectivity index (χ1n) is 6.59. The first kappa shape index (κ1) is 13.9. The van der Waals surface area contributed by atoms with Crippen molar-refractivity contribution in [2.75, 3.05) is 0 Å². The van der Waals surface area contributed by atoms with Crippen LogP contribution in [0.3, 0.4) is 0 Å². The molecule has 0 amide bonds. The van der Waals surface area contributed by atoms with E-state index in [1.807, 2.05) is 13.8 Å². The number of rotatable bonds is 3. The molecule has 0 aromatic heterocycles. The number of aliphatic imine (C=N–C) groups is 1. The van der Waals surface area contributed by atoms with E-state index in [2.05, 4.69) is 4.99 Å². The number of isocyanates is 1. The molecule has 19 heavy (non-hydrogen) atoms. The highest BCUT2D eigenvalue weighted by atomic mass is 19.1. The molecule has 102 valence electrons. The number of hydrogen-bond acceptors (Lipinski definition) is 2. The van der Waals surface area contributed by atoms with Gasteiger partial charge in [-0.3, -0.25) is 0 Å². The number of benzene rings is 1. The molecule has 0 radical (unpaired) electrons. The molecule has 1 fully saturated rings. The van der Waals surface area contributed by atoms with Gasteiger partial charge in [-0.05, 0) is 30.4 Å². The van der Waals surface area contributed by atoms with E-state index >= 15 is 0 Å². The molecule has 0 heterocycles. The van der Waals surface area contributed by atoms with Crippen molar-refractivity contribution in [2.24, 2.45) is 4.99 Å². The summed E-state index contributed by atoms with van der Waals surface area (Å²) in [6.07, 6.45) is 4.12. The summed E-state index contributed by atoms with van der Waals surface area (Å²) < 4.78 is 28.7. The van der Waals surface area contributed by atoms with Crippen LogP contribution in [0.25, 0.3) is 0 Å². The molecule has 0 atom stereocenters. The zero-order valence-electron chi connectivity index (χ0n) is 11.2. The van der Waals surface area contributed by atoms with Crippen LogP contribution in [-0.4, -0.2) is 6.08 Å². The largest absolute Gasteiger partial charge is 0.235 e. The van der Waals surface area contributed by atoms with E-state index in [-0.39, 0.29) is 11.5 Å². The first-order chi connectivity index (χ1) is 9.02. The van der Waals surface area contributed by atoms with E-state index in [0.717, 1.165) is 12.8 Å². The fourth-order valence-electron chi connectivity index (χ4n) is 2.91. The Hall–Kier alpha value is -1.54. The molecular formula is C15H17F2NO. The maximum absolute atomic E-state index is 14.6. The van der Waals surface area contributed by atoms with Crippen molar-refractivity contribution in [2.45, 2.75) is 51.0 Å². The van der Waals surface area contributed by atoms with E-state index in [1.54, 1.807) is 0 Å². The maximum Gasteiger partial charge on any atom is 0.235 e. The van der Waals surface area contributed by atoms with Gasteiger partial charge in [-0.2, -0.15) is 4.99 Å². The van der Waals surface area contributed by atoms with Crippen molar-refractivity contribution in [3.8, 4) is 0 Å². The van der Waals surface area contributed by atoms with Crippen molar-refractivity contribution in [1.82, 2.24) is 0 Å². The van der Waals surface area contributed by atoms with Crippen LogP contribution in [0, 0.1) is 11.6 Å². The Labute approximate surface area is 111 Å². The predicted molar refractivity (Wildman–Crippen MR) is 68.7 cm³/mol. The number of hydrogen-bond donors (Lipinski definition) is 0. The van der Waals surface area contributed by atoms with E-state index < -0.39 is 17.2 Å². The van der Waals surface area contributed by atoms with Crippen LogP contribution in [-0.2, 0) is 10.3 Å². The number of carbonyl (C=O) groups excluding carboxylic acids is 1. The summed E-state index contributed by atoms with van der Waals surface area (Å²) in [5.74, 6) is -1.23. The standard InChI is InChI=1S/C15H17F2NO/c1-10(2)11-5-6-12(16)13(14(11)17)15(18-9-19)7-3-4-8-15/h5-6,10H,3-4,7-8H2,1-2H3. The maximum atomic E-state index is 14.6. The molecule has 0 bridgehead atoms. The Kier molecular flexibility index (Phi) is 3.81. The van der Waals surface area contributed by atoms with Crippen molar-refractivity contribution < 1.29 is 13.6 Å². The fraction of sp³-hybridized carbons (Fsp3) is 0.533. The van der Waals surface area contributed by atoms with E-state index in [4.69, 9.17) is 0 Å². The fourth-order valence-corrected chi connectivity index (χ4v) is 2.91. The van der Waals surface area contributed by atoms with Gasteiger partial charge in [0.25, 0.3) is 0 Å². The van der Waals surface area contributed by atoms with Gasteiger partial charge in [-0.25, -0.2) is 13.6 Å². The summed E-state index contributed by atoms with van der Waals surface area (Å²) in [4.78, 5) is 14.4. The molecule has 0 aliphatic heterocycles. The third kappa shape index (κ3) is 2.33. The Morgan fingerprint density at radius 1 is 1.26 bits per heavy atom. The highest BCUT2D eigenvalue weighted by Gasteiger charge is 2.41. The zero-order chi connectivity index (χ0) is 14.0. The number of halogens is 2. The monoisotopic (exact) mass is 265 g/mol. The summed E-state index contributed by atoms with van der Waals surface area (Å²) in [7, 11) is 0.